The highest BCUT2D eigenvalue weighted by atomic mass is 79.9. The molecule has 172 valence electrons. The van der Waals surface area contributed by atoms with Crippen LogP contribution in [0.2, 0.25) is 0 Å². The summed E-state index contributed by atoms with van der Waals surface area (Å²) < 4.78 is 26.5. The third kappa shape index (κ3) is 5.28. The molecule has 0 radical (unpaired) electrons. The molecular weight excluding hydrogens is 552 g/mol. The van der Waals surface area contributed by atoms with Crippen LogP contribution in [0.25, 0.3) is 22.0 Å². The van der Waals surface area contributed by atoms with E-state index in [1.807, 2.05) is 54.1 Å². The van der Waals surface area contributed by atoms with Gasteiger partial charge in [-0.2, -0.15) is 5.10 Å². The van der Waals surface area contributed by atoms with Crippen LogP contribution in [0.3, 0.4) is 0 Å². The molecule has 4 aromatic rings. The van der Waals surface area contributed by atoms with Crippen molar-refractivity contribution in [3.8, 4) is 34.4 Å². The SMILES string of the molecule is CCOc1cc(-c2cc(OC)cc(OC)c2)nn1CCOc1ccc2cc(Br)ccc2c1Br. The number of fused-ring (bicyclic) bond motifs is 1. The Balaban J connectivity index is 1.54. The number of nitrogens with zero attached hydrogens (tertiary/aromatic N) is 2. The Morgan fingerprint density at radius 2 is 1.64 bits per heavy atom. The summed E-state index contributed by atoms with van der Waals surface area (Å²) in [5, 5.41) is 6.98. The van der Waals surface area contributed by atoms with Gasteiger partial charge in [0.15, 0.2) is 0 Å². The first-order chi connectivity index (χ1) is 16.0. The van der Waals surface area contributed by atoms with Gasteiger partial charge >= 0.3 is 0 Å². The number of benzene rings is 3. The second-order valence-electron chi connectivity index (χ2n) is 7.22. The molecule has 0 saturated carbocycles. The van der Waals surface area contributed by atoms with Gasteiger partial charge in [-0.1, -0.05) is 28.1 Å². The van der Waals surface area contributed by atoms with E-state index in [1.54, 1.807) is 14.2 Å². The lowest BCUT2D eigenvalue weighted by Crippen LogP contribution is -2.11. The molecular formula is C25H24Br2N2O4. The highest BCUT2D eigenvalue weighted by Crippen LogP contribution is 2.35. The Morgan fingerprint density at radius 1 is 0.879 bits per heavy atom. The van der Waals surface area contributed by atoms with Gasteiger partial charge in [0, 0.05) is 22.2 Å². The fourth-order valence-electron chi connectivity index (χ4n) is 3.52. The zero-order chi connectivity index (χ0) is 23.4. The van der Waals surface area contributed by atoms with Crippen molar-refractivity contribution in [2.45, 2.75) is 13.5 Å². The molecule has 0 fully saturated rings. The molecule has 4 rings (SSSR count). The van der Waals surface area contributed by atoms with Crippen LogP contribution in [0.1, 0.15) is 6.92 Å². The predicted molar refractivity (Wildman–Crippen MR) is 137 cm³/mol. The van der Waals surface area contributed by atoms with Crippen LogP contribution in [0.4, 0.5) is 0 Å². The van der Waals surface area contributed by atoms with E-state index in [2.05, 4.69) is 44.0 Å². The predicted octanol–water partition coefficient (Wildman–Crippen LogP) is 6.72. The quantitative estimate of drug-likeness (QED) is 0.222. The van der Waals surface area contributed by atoms with E-state index in [-0.39, 0.29) is 0 Å². The molecule has 3 aromatic carbocycles. The number of halogens is 2. The van der Waals surface area contributed by atoms with Crippen LogP contribution in [0.5, 0.6) is 23.1 Å². The molecule has 1 aromatic heterocycles. The highest BCUT2D eigenvalue weighted by molar-refractivity contribution is 9.11. The Hall–Kier alpha value is -2.71. The van der Waals surface area contributed by atoms with Gasteiger partial charge in [-0.15, -0.1) is 0 Å². The molecule has 0 N–H and O–H groups in total. The molecule has 0 unspecified atom stereocenters. The minimum Gasteiger partial charge on any atom is -0.497 e. The molecule has 6 nitrogen and oxygen atoms in total. The van der Waals surface area contributed by atoms with Gasteiger partial charge in [-0.3, -0.25) is 0 Å². The summed E-state index contributed by atoms with van der Waals surface area (Å²) in [5.41, 5.74) is 1.66. The third-order valence-corrected chi connectivity index (χ3v) is 6.44. The van der Waals surface area contributed by atoms with Gasteiger partial charge in [-0.25, -0.2) is 4.68 Å². The summed E-state index contributed by atoms with van der Waals surface area (Å²) in [6.07, 6.45) is 0. The summed E-state index contributed by atoms with van der Waals surface area (Å²) >= 11 is 7.20. The Morgan fingerprint density at radius 3 is 2.33 bits per heavy atom. The van der Waals surface area contributed by atoms with Gasteiger partial charge in [0.2, 0.25) is 5.88 Å². The lowest BCUT2D eigenvalue weighted by molar-refractivity contribution is 0.259. The van der Waals surface area contributed by atoms with Crippen molar-refractivity contribution in [3.63, 3.8) is 0 Å². The van der Waals surface area contributed by atoms with Crippen LogP contribution in [-0.2, 0) is 6.54 Å². The molecule has 8 heteroatoms. The van der Waals surface area contributed by atoms with Crippen molar-refractivity contribution in [2.75, 3.05) is 27.4 Å². The fourth-order valence-corrected chi connectivity index (χ4v) is 4.50. The van der Waals surface area contributed by atoms with Crippen LogP contribution in [0.15, 0.2) is 63.5 Å². The summed E-state index contributed by atoms with van der Waals surface area (Å²) in [6.45, 7) is 3.45. The zero-order valence-corrected chi connectivity index (χ0v) is 21.8. The number of hydrogen-bond donors (Lipinski definition) is 0. The molecule has 0 aliphatic heterocycles. The van der Waals surface area contributed by atoms with Crippen LogP contribution in [0, 0.1) is 0 Å². The number of hydrogen-bond acceptors (Lipinski definition) is 5. The number of aromatic nitrogens is 2. The summed E-state index contributed by atoms with van der Waals surface area (Å²) in [4.78, 5) is 0. The van der Waals surface area contributed by atoms with Gasteiger partial charge in [0.05, 0.1) is 37.5 Å². The topological polar surface area (TPSA) is 54.7 Å². The molecule has 1 heterocycles. The van der Waals surface area contributed by atoms with E-state index < -0.39 is 0 Å². The number of ether oxygens (including phenoxy) is 4. The summed E-state index contributed by atoms with van der Waals surface area (Å²) in [7, 11) is 3.26. The lowest BCUT2D eigenvalue weighted by Gasteiger charge is -2.12. The van der Waals surface area contributed by atoms with Crippen molar-refractivity contribution in [3.05, 3.63) is 63.5 Å². The lowest BCUT2D eigenvalue weighted by atomic mass is 10.1. The molecule has 33 heavy (non-hydrogen) atoms. The first-order valence-electron chi connectivity index (χ1n) is 10.5. The van der Waals surface area contributed by atoms with E-state index in [4.69, 9.17) is 24.0 Å². The Bertz CT molecular complexity index is 1250. The normalized spacial score (nSPS) is 10.9. The average Bonchev–Trinajstić information content (AvgIpc) is 3.23. The first-order valence-corrected chi connectivity index (χ1v) is 12.1. The van der Waals surface area contributed by atoms with E-state index >= 15 is 0 Å². The molecule has 0 saturated heterocycles. The monoisotopic (exact) mass is 574 g/mol. The van der Waals surface area contributed by atoms with Crippen LogP contribution >= 0.6 is 31.9 Å². The van der Waals surface area contributed by atoms with E-state index in [0.717, 1.165) is 36.7 Å². The minimum absolute atomic E-state index is 0.434. The van der Waals surface area contributed by atoms with E-state index in [0.29, 0.717) is 37.1 Å². The minimum atomic E-state index is 0.434. The van der Waals surface area contributed by atoms with Crippen molar-refractivity contribution in [1.82, 2.24) is 9.78 Å². The smallest absolute Gasteiger partial charge is 0.212 e. The van der Waals surface area contributed by atoms with Gasteiger partial charge in [0.1, 0.15) is 23.9 Å². The molecule has 0 amide bonds. The maximum atomic E-state index is 6.09. The second-order valence-corrected chi connectivity index (χ2v) is 8.93. The second kappa shape index (κ2) is 10.5. The Labute approximate surface area is 209 Å². The van der Waals surface area contributed by atoms with Gasteiger partial charge in [-0.05, 0) is 64.0 Å². The van der Waals surface area contributed by atoms with E-state index in [1.165, 1.54) is 0 Å². The van der Waals surface area contributed by atoms with Crippen molar-refractivity contribution in [2.24, 2.45) is 0 Å². The molecule has 0 spiro atoms. The Kier molecular flexibility index (Phi) is 7.45. The average molecular weight is 576 g/mol. The van der Waals surface area contributed by atoms with Crippen LogP contribution < -0.4 is 18.9 Å². The third-order valence-electron chi connectivity index (χ3n) is 5.12. The first kappa shape index (κ1) is 23.4. The van der Waals surface area contributed by atoms with Crippen molar-refractivity contribution >= 4 is 42.6 Å². The molecule has 0 bridgehead atoms. The van der Waals surface area contributed by atoms with Crippen molar-refractivity contribution < 1.29 is 18.9 Å². The molecule has 0 atom stereocenters. The fraction of sp³-hybridized carbons (Fsp3) is 0.240. The summed E-state index contributed by atoms with van der Waals surface area (Å²) in [5.74, 6) is 2.87. The number of methoxy groups -OCH3 is 2. The largest absolute Gasteiger partial charge is 0.497 e. The standard InChI is InChI=1S/C25H24Br2N2O4/c1-4-32-24-15-22(17-12-19(30-2)14-20(13-17)31-3)28-29(24)9-10-33-23-8-5-16-11-18(26)6-7-21(16)25(23)27/h5-8,11-15H,4,9-10H2,1-3H3. The van der Waals surface area contributed by atoms with Crippen LogP contribution in [-0.4, -0.2) is 37.2 Å². The number of rotatable bonds is 9. The summed E-state index contributed by atoms with van der Waals surface area (Å²) in [6, 6.07) is 17.8. The maximum absolute atomic E-state index is 6.09. The van der Waals surface area contributed by atoms with E-state index in [9.17, 15) is 0 Å². The zero-order valence-electron chi connectivity index (χ0n) is 18.6. The molecule has 0 aliphatic rings. The van der Waals surface area contributed by atoms with Crippen molar-refractivity contribution in [1.29, 1.82) is 0 Å². The van der Waals surface area contributed by atoms with Gasteiger partial charge < -0.3 is 18.9 Å². The highest BCUT2D eigenvalue weighted by Gasteiger charge is 2.14. The molecule has 0 aliphatic carbocycles. The maximum Gasteiger partial charge on any atom is 0.212 e. The van der Waals surface area contributed by atoms with Gasteiger partial charge in [0.25, 0.3) is 0 Å².